The number of hydrogen-bond acceptors (Lipinski definition) is 2. The summed E-state index contributed by atoms with van der Waals surface area (Å²) in [6.07, 6.45) is 1.85. The molecule has 18 heavy (non-hydrogen) atoms. The number of nitrogens with zero attached hydrogens (tertiary/aromatic N) is 1. The van der Waals surface area contributed by atoms with Gasteiger partial charge in [-0.3, -0.25) is 0 Å². The van der Waals surface area contributed by atoms with Crippen molar-refractivity contribution in [3.05, 3.63) is 59.4 Å². The SMILES string of the molecule is C=C(C)Nc1ncc(-c2ccc(Cl)cc2)cc1C. The van der Waals surface area contributed by atoms with Gasteiger partial charge in [0.25, 0.3) is 0 Å². The number of rotatable bonds is 3. The van der Waals surface area contributed by atoms with Crippen LogP contribution in [0.25, 0.3) is 11.1 Å². The summed E-state index contributed by atoms with van der Waals surface area (Å²) in [6.45, 7) is 7.75. The van der Waals surface area contributed by atoms with Crippen LogP contribution in [0.1, 0.15) is 12.5 Å². The largest absolute Gasteiger partial charge is 0.344 e. The smallest absolute Gasteiger partial charge is 0.132 e. The van der Waals surface area contributed by atoms with Crippen LogP contribution in [0.3, 0.4) is 0 Å². The van der Waals surface area contributed by atoms with Crippen LogP contribution >= 0.6 is 11.6 Å². The van der Waals surface area contributed by atoms with Gasteiger partial charge in [-0.2, -0.15) is 0 Å². The Kier molecular flexibility index (Phi) is 3.68. The van der Waals surface area contributed by atoms with E-state index in [1.54, 1.807) is 0 Å². The first kappa shape index (κ1) is 12.7. The number of allylic oxidation sites excluding steroid dienone is 1. The van der Waals surface area contributed by atoms with Crippen molar-refractivity contribution < 1.29 is 0 Å². The van der Waals surface area contributed by atoms with E-state index in [0.717, 1.165) is 33.2 Å². The summed E-state index contributed by atoms with van der Waals surface area (Å²) in [5, 5.41) is 3.87. The van der Waals surface area contributed by atoms with E-state index >= 15 is 0 Å². The van der Waals surface area contributed by atoms with Crippen LogP contribution in [0.4, 0.5) is 5.82 Å². The van der Waals surface area contributed by atoms with Crippen molar-refractivity contribution in [2.24, 2.45) is 0 Å². The zero-order valence-corrected chi connectivity index (χ0v) is 11.3. The van der Waals surface area contributed by atoms with Crippen LogP contribution in [-0.2, 0) is 0 Å². The highest BCUT2D eigenvalue weighted by molar-refractivity contribution is 6.30. The molecular formula is C15H15ClN2. The number of hydrogen-bond donors (Lipinski definition) is 1. The Morgan fingerprint density at radius 2 is 1.89 bits per heavy atom. The van der Waals surface area contributed by atoms with Gasteiger partial charge in [0.2, 0.25) is 0 Å². The van der Waals surface area contributed by atoms with Gasteiger partial charge in [0.05, 0.1) is 0 Å². The average Bonchev–Trinajstić information content (AvgIpc) is 2.32. The molecule has 2 nitrogen and oxygen atoms in total. The van der Waals surface area contributed by atoms with Gasteiger partial charge < -0.3 is 5.32 Å². The number of anilines is 1. The zero-order valence-electron chi connectivity index (χ0n) is 10.5. The van der Waals surface area contributed by atoms with Gasteiger partial charge in [-0.05, 0) is 43.2 Å². The molecule has 2 rings (SSSR count). The van der Waals surface area contributed by atoms with Gasteiger partial charge in [0.1, 0.15) is 5.82 Å². The lowest BCUT2D eigenvalue weighted by Crippen LogP contribution is -1.99. The highest BCUT2D eigenvalue weighted by Gasteiger charge is 2.03. The lowest BCUT2D eigenvalue weighted by Gasteiger charge is -2.09. The monoisotopic (exact) mass is 258 g/mol. The maximum atomic E-state index is 5.88. The zero-order chi connectivity index (χ0) is 13.1. The molecule has 0 saturated heterocycles. The van der Waals surface area contributed by atoms with Gasteiger partial charge in [0.15, 0.2) is 0 Å². The van der Waals surface area contributed by atoms with Crippen LogP contribution in [-0.4, -0.2) is 4.98 Å². The molecule has 0 saturated carbocycles. The summed E-state index contributed by atoms with van der Waals surface area (Å²) < 4.78 is 0. The Balaban J connectivity index is 2.33. The maximum absolute atomic E-state index is 5.88. The molecule has 0 spiro atoms. The summed E-state index contributed by atoms with van der Waals surface area (Å²) in [6, 6.07) is 9.84. The first-order chi connectivity index (χ1) is 8.56. The van der Waals surface area contributed by atoms with Crippen LogP contribution in [0.15, 0.2) is 48.8 Å². The molecule has 1 N–H and O–H groups in total. The van der Waals surface area contributed by atoms with Crippen LogP contribution < -0.4 is 5.32 Å². The fourth-order valence-electron chi connectivity index (χ4n) is 1.71. The first-order valence-electron chi connectivity index (χ1n) is 5.71. The second kappa shape index (κ2) is 5.23. The molecule has 1 heterocycles. The minimum absolute atomic E-state index is 0.740. The van der Waals surface area contributed by atoms with Gasteiger partial charge in [-0.25, -0.2) is 4.98 Å². The number of aromatic nitrogens is 1. The molecule has 0 amide bonds. The molecular weight excluding hydrogens is 244 g/mol. The molecule has 1 aromatic heterocycles. The molecule has 0 fully saturated rings. The predicted molar refractivity (Wildman–Crippen MR) is 77.9 cm³/mol. The third-order valence-corrected chi connectivity index (χ3v) is 2.84. The molecule has 0 aliphatic rings. The van der Waals surface area contributed by atoms with E-state index in [9.17, 15) is 0 Å². The summed E-state index contributed by atoms with van der Waals surface area (Å²) in [5.74, 6) is 0.847. The van der Waals surface area contributed by atoms with Crippen molar-refractivity contribution in [2.75, 3.05) is 5.32 Å². The highest BCUT2D eigenvalue weighted by Crippen LogP contribution is 2.24. The summed E-state index contributed by atoms with van der Waals surface area (Å²) >= 11 is 5.88. The van der Waals surface area contributed by atoms with Crippen molar-refractivity contribution in [1.82, 2.24) is 4.98 Å². The third kappa shape index (κ3) is 2.90. The predicted octanol–water partition coefficient (Wildman–Crippen LogP) is 4.66. The minimum atomic E-state index is 0.740. The lowest BCUT2D eigenvalue weighted by atomic mass is 10.1. The Hall–Kier alpha value is -1.80. The Morgan fingerprint density at radius 3 is 2.44 bits per heavy atom. The second-order valence-electron chi connectivity index (χ2n) is 4.30. The molecule has 0 radical (unpaired) electrons. The minimum Gasteiger partial charge on any atom is -0.344 e. The first-order valence-corrected chi connectivity index (χ1v) is 6.09. The molecule has 2 aromatic rings. The molecule has 0 unspecified atom stereocenters. The lowest BCUT2D eigenvalue weighted by molar-refractivity contribution is 1.22. The van der Waals surface area contributed by atoms with E-state index in [0.29, 0.717) is 0 Å². The summed E-state index contributed by atoms with van der Waals surface area (Å²) in [7, 11) is 0. The van der Waals surface area contributed by atoms with Crippen molar-refractivity contribution in [3.8, 4) is 11.1 Å². The van der Waals surface area contributed by atoms with Crippen molar-refractivity contribution >= 4 is 17.4 Å². The Bertz CT molecular complexity index is 574. The topological polar surface area (TPSA) is 24.9 Å². The fourth-order valence-corrected chi connectivity index (χ4v) is 1.83. The fraction of sp³-hybridized carbons (Fsp3) is 0.133. The van der Waals surface area contributed by atoms with E-state index in [-0.39, 0.29) is 0 Å². The molecule has 1 aromatic carbocycles. The van der Waals surface area contributed by atoms with Crippen molar-refractivity contribution in [1.29, 1.82) is 0 Å². The van der Waals surface area contributed by atoms with E-state index in [4.69, 9.17) is 11.6 Å². The number of aryl methyl sites for hydroxylation is 1. The molecule has 0 bridgehead atoms. The third-order valence-electron chi connectivity index (χ3n) is 2.59. The summed E-state index contributed by atoms with van der Waals surface area (Å²) in [4.78, 5) is 4.41. The molecule has 3 heteroatoms. The number of benzene rings is 1. The normalized spacial score (nSPS) is 10.2. The maximum Gasteiger partial charge on any atom is 0.132 e. The van der Waals surface area contributed by atoms with E-state index in [1.807, 2.05) is 44.3 Å². The number of nitrogens with one attached hydrogen (secondary N) is 1. The van der Waals surface area contributed by atoms with Crippen molar-refractivity contribution in [3.63, 3.8) is 0 Å². The molecule has 0 atom stereocenters. The number of pyridine rings is 1. The van der Waals surface area contributed by atoms with Gasteiger partial charge in [-0.15, -0.1) is 0 Å². The molecule has 0 aliphatic heterocycles. The number of halogens is 1. The van der Waals surface area contributed by atoms with Crippen molar-refractivity contribution in [2.45, 2.75) is 13.8 Å². The highest BCUT2D eigenvalue weighted by atomic mass is 35.5. The standard InChI is InChI=1S/C15H15ClN2/c1-10(2)18-15-11(3)8-13(9-17-15)12-4-6-14(16)7-5-12/h4-9H,1H2,2-3H3,(H,17,18). The van der Waals surface area contributed by atoms with Crippen LogP contribution in [0.5, 0.6) is 0 Å². The molecule has 92 valence electrons. The van der Waals surface area contributed by atoms with E-state index < -0.39 is 0 Å². The second-order valence-corrected chi connectivity index (χ2v) is 4.74. The van der Waals surface area contributed by atoms with Gasteiger partial charge >= 0.3 is 0 Å². The van der Waals surface area contributed by atoms with Crippen LogP contribution in [0, 0.1) is 6.92 Å². The Morgan fingerprint density at radius 1 is 1.22 bits per heavy atom. The van der Waals surface area contributed by atoms with Crippen LogP contribution in [0.2, 0.25) is 5.02 Å². The average molecular weight is 259 g/mol. The summed E-state index contributed by atoms with van der Waals surface area (Å²) in [5.41, 5.74) is 4.16. The Labute approximate surface area is 112 Å². The van der Waals surface area contributed by atoms with E-state index in [2.05, 4.69) is 22.9 Å². The van der Waals surface area contributed by atoms with E-state index in [1.165, 1.54) is 0 Å². The quantitative estimate of drug-likeness (QED) is 0.866. The molecule has 0 aliphatic carbocycles. The van der Waals surface area contributed by atoms with Gasteiger partial charge in [-0.1, -0.05) is 30.3 Å². The van der Waals surface area contributed by atoms with Gasteiger partial charge in [0, 0.05) is 22.5 Å².